The van der Waals surface area contributed by atoms with Crippen LogP contribution in [-0.4, -0.2) is 22.9 Å². The van der Waals surface area contributed by atoms with Crippen LogP contribution in [0.2, 0.25) is 0 Å². The highest BCUT2D eigenvalue weighted by atomic mass is 16.3. The maximum Gasteiger partial charge on any atom is 0.290 e. The molecule has 2 aromatic rings. The van der Waals surface area contributed by atoms with Crippen LogP contribution in [0.1, 0.15) is 43.7 Å². The van der Waals surface area contributed by atoms with Crippen molar-refractivity contribution in [3.05, 3.63) is 30.0 Å². The zero-order valence-corrected chi connectivity index (χ0v) is 11.9. The molecule has 1 amide bonds. The smallest absolute Gasteiger partial charge is 0.290 e. The molecule has 106 valence electrons. The lowest BCUT2D eigenvalue weighted by Gasteiger charge is -2.38. The van der Waals surface area contributed by atoms with Gasteiger partial charge in [-0.05, 0) is 57.4 Å². The van der Waals surface area contributed by atoms with Gasteiger partial charge in [0.2, 0.25) is 0 Å². The van der Waals surface area contributed by atoms with Gasteiger partial charge in [0.05, 0.1) is 0 Å². The van der Waals surface area contributed by atoms with Crippen LogP contribution >= 0.6 is 0 Å². The lowest BCUT2D eigenvalue weighted by atomic mass is 9.97. The van der Waals surface area contributed by atoms with Crippen LogP contribution in [-0.2, 0) is 0 Å². The summed E-state index contributed by atoms with van der Waals surface area (Å²) in [6, 6.07) is 7.76. The predicted molar refractivity (Wildman–Crippen MR) is 79.6 cm³/mol. The van der Waals surface area contributed by atoms with Crippen molar-refractivity contribution in [2.24, 2.45) is 0 Å². The highest BCUT2D eigenvalue weighted by Crippen LogP contribution is 2.27. The minimum Gasteiger partial charge on any atom is -0.451 e. The first-order chi connectivity index (χ1) is 9.56. The number of rotatable bonds is 1. The van der Waals surface area contributed by atoms with Crippen molar-refractivity contribution in [3.8, 4) is 0 Å². The molecule has 0 bridgehead atoms. The Kier molecular flexibility index (Phi) is 3.16. The average Bonchev–Trinajstić information content (AvgIpc) is 2.81. The van der Waals surface area contributed by atoms with E-state index in [1.807, 2.05) is 17.0 Å². The van der Waals surface area contributed by atoms with E-state index in [1.54, 1.807) is 12.1 Å². The van der Waals surface area contributed by atoms with Crippen molar-refractivity contribution in [1.29, 1.82) is 0 Å². The van der Waals surface area contributed by atoms with Crippen molar-refractivity contribution < 1.29 is 9.21 Å². The van der Waals surface area contributed by atoms with Crippen LogP contribution in [0.3, 0.4) is 0 Å². The Morgan fingerprint density at radius 2 is 1.95 bits per heavy atom. The lowest BCUT2D eigenvalue weighted by molar-refractivity contribution is 0.0481. The Balaban J connectivity index is 1.95. The largest absolute Gasteiger partial charge is 0.451 e. The standard InChI is InChI=1S/C16H20N2O2/c1-10-4-3-5-11(2)18(10)16(19)15-9-12-8-13(17)6-7-14(12)20-15/h6-11H,3-5,17H2,1-2H3. The predicted octanol–water partition coefficient (Wildman–Crippen LogP) is 3.42. The monoisotopic (exact) mass is 272 g/mol. The van der Waals surface area contributed by atoms with E-state index in [-0.39, 0.29) is 18.0 Å². The van der Waals surface area contributed by atoms with Gasteiger partial charge >= 0.3 is 0 Å². The van der Waals surface area contributed by atoms with Gasteiger partial charge in [-0.2, -0.15) is 0 Å². The van der Waals surface area contributed by atoms with Gasteiger partial charge in [-0.15, -0.1) is 0 Å². The summed E-state index contributed by atoms with van der Waals surface area (Å²) in [6.45, 7) is 4.21. The molecular formula is C16H20N2O2. The van der Waals surface area contributed by atoms with Gasteiger partial charge in [0.25, 0.3) is 5.91 Å². The van der Waals surface area contributed by atoms with Gasteiger partial charge in [0, 0.05) is 23.2 Å². The molecule has 0 saturated carbocycles. The molecule has 0 radical (unpaired) electrons. The molecular weight excluding hydrogens is 252 g/mol. The summed E-state index contributed by atoms with van der Waals surface area (Å²) in [5, 5.41) is 0.880. The summed E-state index contributed by atoms with van der Waals surface area (Å²) < 4.78 is 5.69. The lowest BCUT2D eigenvalue weighted by Crippen LogP contribution is -2.47. The first-order valence-corrected chi connectivity index (χ1v) is 7.18. The van der Waals surface area contributed by atoms with E-state index in [9.17, 15) is 4.79 Å². The third kappa shape index (κ3) is 2.15. The molecule has 2 unspecified atom stereocenters. The normalized spacial score (nSPS) is 23.2. The molecule has 1 aliphatic rings. The Hall–Kier alpha value is -1.97. The Bertz CT molecular complexity index is 637. The zero-order valence-electron chi connectivity index (χ0n) is 11.9. The number of likely N-dealkylation sites (tertiary alicyclic amines) is 1. The fraction of sp³-hybridized carbons (Fsp3) is 0.438. The van der Waals surface area contributed by atoms with E-state index in [0.717, 1.165) is 18.2 Å². The molecule has 2 heterocycles. The molecule has 1 aromatic carbocycles. The minimum atomic E-state index is -0.0144. The van der Waals surface area contributed by atoms with E-state index in [1.165, 1.54) is 6.42 Å². The number of furan rings is 1. The summed E-state index contributed by atoms with van der Waals surface area (Å²) in [5.41, 5.74) is 7.15. The molecule has 2 atom stereocenters. The molecule has 1 fully saturated rings. The second-order valence-electron chi connectivity index (χ2n) is 5.75. The molecule has 1 aromatic heterocycles. The number of nitrogens with two attached hydrogens (primary N) is 1. The van der Waals surface area contributed by atoms with E-state index < -0.39 is 0 Å². The molecule has 0 spiro atoms. The molecule has 0 aliphatic carbocycles. The van der Waals surface area contributed by atoms with Crippen molar-refractivity contribution in [2.75, 3.05) is 5.73 Å². The van der Waals surface area contributed by atoms with Gasteiger partial charge in [0.15, 0.2) is 5.76 Å². The van der Waals surface area contributed by atoms with Gasteiger partial charge in [-0.3, -0.25) is 4.79 Å². The number of nitrogen functional groups attached to an aromatic ring is 1. The third-order valence-corrected chi connectivity index (χ3v) is 4.18. The Labute approximate surface area is 118 Å². The van der Waals surface area contributed by atoms with Crippen molar-refractivity contribution >= 4 is 22.6 Å². The second kappa shape index (κ2) is 4.85. The second-order valence-corrected chi connectivity index (χ2v) is 5.75. The van der Waals surface area contributed by atoms with E-state index in [2.05, 4.69) is 13.8 Å². The first kappa shape index (κ1) is 13.0. The summed E-state index contributed by atoms with van der Waals surface area (Å²) >= 11 is 0. The molecule has 20 heavy (non-hydrogen) atoms. The highest BCUT2D eigenvalue weighted by molar-refractivity contribution is 5.97. The van der Waals surface area contributed by atoms with Crippen LogP contribution in [0.15, 0.2) is 28.7 Å². The number of anilines is 1. The molecule has 4 nitrogen and oxygen atoms in total. The summed E-state index contributed by atoms with van der Waals surface area (Å²) in [5.74, 6) is 0.394. The quantitative estimate of drug-likeness (QED) is 0.809. The summed E-state index contributed by atoms with van der Waals surface area (Å²) in [4.78, 5) is 14.6. The van der Waals surface area contributed by atoms with Gasteiger partial charge < -0.3 is 15.1 Å². The molecule has 2 N–H and O–H groups in total. The Morgan fingerprint density at radius 3 is 2.65 bits per heavy atom. The number of fused-ring (bicyclic) bond motifs is 1. The fourth-order valence-electron chi connectivity index (χ4n) is 3.12. The minimum absolute atomic E-state index is 0.0144. The summed E-state index contributed by atoms with van der Waals surface area (Å²) in [7, 11) is 0. The average molecular weight is 272 g/mol. The molecule has 3 rings (SSSR count). The van der Waals surface area contributed by atoms with E-state index >= 15 is 0 Å². The number of nitrogens with zero attached hydrogens (tertiary/aromatic N) is 1. The van der Waals surface area contributed by atoms with Gasteiger partial charge in [0.1, 0.15) is 5.58 Å². The third-order valence-electron chi connectivity index (χ3n) is 4.18. The maximum atomic E-state index is 12.7. The highest BCUT2D eigenvalue weighted by Gasteiger charge is 2.31. The zero-order chi connectivity index (χ0) is 14.3. The van der Waals surface area contributed by atoms with Gasteiger partial charge in [-0.1, -0.05) is 0 Å². The van der Waals surface area contributed by atoms with Crippen LogP contribution in [0.25, 0.3) is 11.0 Å². The van der Waals surface area contributed by atoms with Crippen LogP contribution in [0.4, 0.5) is 5.69 Å². The van der Waals surface area contributed by atoms with Crippen molar-refractivity contribution in [1.82, 2.24) is 4.90 Å². The number of piperidine rings is 1. The van der Waals surface area contributed by atoms with Crippen LogP contribution < -0.4 is 5.73 Å². The topological polar surface area (TPSA) is 59.5 Å². The molecule has 1 aliphatic heterocycles. The number of benzene rings is 1. The van der Waals surface area contributed by atoms with E-state index in [0.29, 0.717) is 17.0 Å². The SMILES string of the molecule is CC1CCCC(C)N1C(=O)c1cc2cc(N)ccc2o1. The molecule has 4 heteroatoms. The fourth-order valence-corrected chi connectivity index (χ4v) is 3.12. The first-order valence-electron chi connectivity index (χ1n) is 7.18. The Morgan fingerprint density at radius 1 is 1.25 bits per heavy atom. The molecule has 1 saturated heterocycles. The number of carbonyl (C=O) groups is 1. The van der Waals surface area contributed by atoms with Crippen molar-refractivity contribution in [3.63, 3.8) is 0 Å². The van der Waals surface area contributed by atoms with Gasteiger partial charge in [-0.25, -0.2) is 0 Å². The number of hydrogen-bond donors (Lipinski definition) is 1. The van der Waals surface area contributed by atoms with Crippen LogP contribution in [0.5, 0.6) is 0 Å². The summed E-state index contributed by atoms with van der Waals surface area (Å²) in [6.07, 6.45) is 3.30. The van der Waals surface area contributed by atoms with E-state index in [4.69, 9.17) is 10.2 Å². The number of hydrogen-bond acceptors (Lipinski definition) is 3. The number of carbonyl (C=O) groups excluding carboxylic acids is 1. The van der Waals surface area contributed by atoms with Crippen LogP contribution in [0, 0.1) is 0 Å². The maximum absolute atomic E-state index is 12.7. The van der Waals surface area contributed by atoms with Crippen molar-refractivity contribution in [2.45, 2.75) is 45.2 Å². The number of amides is 1.